The van der Waals surface area contributed by atoms with Gasteiger partial charge in [0.2, 0.25) is 10.0 Å². The van der Waals surface area contributed by atoms with E-state index in [0.29, 0.717) is 18.1 Å². The third kappa shape index (κ3) is 3.79. The summed E-state index contributed by atoms with van der Waals surface area (Å²) >= 11 is 5.94. The molecule has 1 atom stereocenters. The van der Waals surface area contributed by atoms with Gasteiger partial charge in [-0.15, -0.1) is 0 Å². The molecule has 1 saturated heterocycles. The van der Waals surface area contributed by atoms with E-state index in [-0.39, 0.29) is 16.6 Å². The molecule has 0 aliphatic carbocycles. The first-order valence-electron chi connectivity index (χ1n) is 7.98. The molecule has 3 nitrogen and oxygen atoms in total. The standard InChI is InChI=1S/C18H19ClFNO2S/c19-16-5-3-6-18(12-16)24(22,23)21-11-2-1-4-15(13-21)14-7-9-17(20)10-8-14/h3,5-10,12,15H,1-2,4,11,13H2. The minimum absolute atomic E-state index is 0.0714. The van der Waals surface area contributed by atoms with Crippen molar-refractivity contribution >= 4 is 21.6 Å². The van der Waals surface area contributed by atoms with Gasteiger partial charge in [-0.1, -0.05) is 36.2 Å². The van der Waals surface area contributed by atoms with E-state index in [1.165, 1.54) is 22.5 Å². The third-order valence-corrected chi connectivity index (χ3v) is 6.51. The molecule has 24 heavy (non-hydrogen) atoms. The molecule has 0 spiro atoms. The molecule has 0 saturated carbocycles. The van der Waals surface area contributed by atoms with Crippen LogP contribution in [0.15, 0.2) is 53.4 Å². The fraction of sp³-hybridized carbons (Fsp3) is 0.333. The molecule has 2 aromatic rings. The smallest absolute Gasteiger partial charge is 0.207 e. The number of benzene rings is 2. The molecule has 2 aromatic carbocycles. The first kappa shape index (κ1) is 17.4. The van der Waals surface area contributed by atoms with Gasteiger partial charge in [-0.3, -0.25) is 0 Å². The fourth-order valence-electron chi connectivity index (χ4n) is 3.11. The van der Waals surface area contributed by atoms with Crippen LogP contribution in [0.2, 0.25) is 5.02 Å². The zero-order valence-corrected chi connectivity index (χ0v) is 14.7. The zero-order valence-electron chi connectivity index (χ0n) is 13.2. The Bertz CT molecular complexity index is 808. The Morgan fingerprint density at radius 3 is 2.54 bits per heavy atom. The van der Waals surface area contributed by atoms with E-state index in [2.05, 4.69) is 0 Å². The fourth-order valence-corrected chi connectivity index (χ4v) is 4.93. The minimum Gasteiger partial charge on any atom is -0.207 e. The number of hydrogen-bond acceptors (Lipinski definition) is 2. The summed E-state index contributed by atoms with van der Waals surface area (Å²) in [6.45, 7) is 0.896. The highest BCUT2D eigenvalue weighted by atomic mass is 35.5. The molecule has 1 heterocycles. The average Bonchev–Trinajstić information content (AvgIpc) is 2.82. The van der Waals surface area contributed by atoms with Gasteiger partial charge >= 0.3 is 0 Å². The van der Waals surface area contributed by atoms with Crippen molar-refractivity contribution in [3.05, 3.63) is 64.9 Å². The number of sulfonamides is 1. The summed E-state index contributed by atoms with van der Waals surface area (Å²) in [5.74, 6) is -0.210. The van der Waals surface area contributed by atoms with Gasteiger partial charge in [0.1, 0.15) is 5.82 Å². The zero-order chi connectivity index (χ0) is 17.2. The first-order chi connectivity index (χ1) is 11.5. The van der Waals surface area contributed by atoms with E-state index in [4.69, 9.17) is 11.6 Å². The predicted molar refractivity (Wildman–Crippen MR) is 93.2 cm³/mol. The summed E-state index contributed by atoms with van der Waals surface area (Å²) < 4.78 is 40.5. The van der Waals surface area contributed by atoms with Crippen molar-refractivity contribution in [1.29, 1.82) is 0 Å². The van der Waals surface area contributed by atoms with E-state index in [0.717, 1.165) is 24.8 Å². The number of hydrogen-bond donors (Lipinski definition) is 0. The lowest BCUT2D eigenvalue weighted by Gasteiger charge is -2.24. The predicted octanol–water partition coefficient (Wildman–Crippen LogP) is 4.44. The van der Waals surface area contributed by atoms with E-state index >= 15 is 0 Å². The molecule has 0 bridgehead atoms. The molecular weight excluding hydrogens is 349 g/mol. The molecule has 1 unspecified atom stereocenters. The van der Waals surface area contributed by atoms with Crippen LogP contribution >= 0.6 is 11.6 Å². The summed E-state index contributed by atoms with van der Waals surface area (Å²) in [6.07, 6.45) is 2.66. The van der Waals surface area contributed by atoms with Crippen LogP contribution in [-0.2, 0) is 10.0 Å². The largest absolute Gasteiger partial charge is 0.243 e. The van der Waals surface area contributed by atoms with Gasteiger partial charge in [0.25, 0.3) is 0 Å². The van der Waals surface area contributed by atoms with E-state index in [1.807, 2.05) is 0 Å². The molecule has 3 rings (SSSR count). The molecule has 128 valence electrons. The monoisotopic (exact) mass is 367 g/mol. The molecule has 0 radical (unpaired) electrons. The number of rotatable bonds is 3. The third-order valence-electron chi connectivity index (χ3n) is 4.41. The van der Waals surface area contributed by atoms with E-state index in [9.17, 15) is 12.8 Å². The van der Waals surface area contributed by atoms with Crippen LogP contribution in [0.5, 0.6) is 0 Å². The minimum atomic E-state index is -3.58. The summed E-state index contributed by atoms with van der Waals surface area (Å²) in [6, 6.07) is 12.7. The van der Waals surface area contributed by atoms with Crippen molar-refractivity contribution < 1.29 is 12.8 Å². The highest BCUT2D eigenvalue weighted by Gasteiger charge is 2.29. The Morgan fingerprint density at radius 1 is 1.08 bits per heavy atom. The second-order valence-corrected chi connectivity index (χ2v) is 8.44. The lowest BCUT2D eigenvalue weighted by atomic mass is 9.95. The van der Waals surface area contributed by atoms with E-state index < -0.39 is 10.0 Å². The molecule has 0 amide bonds. The van der Waals surface area contributed by atoms with Crippen molar-refractivity contribution in [3.8, 4) is 0 Å². The topological polar surface area (TPSA) is 37.4 Å². The maximum absolute atomic E-state index is 13.1. The maximum Gasteiger partial charge on any atom is 0.243 e. The summed E-state index contributed by atoms with van der Waals surface area (Å²) in [5.41, 5.74) is 0.976. The van der Waals surface area contributed by atoms with Gasteiger partial charge in [0.05, 0.1) is 4.90 Å². The van der Waals surface area contributed by atoms with E-state index in [1.54, 1.807) is 30.3 Å². The normalized spacial score (nSPS) is 19.8. The van der Waals surface area contributed by atoms with Gasteiger partial charge in [0.15, 0.2) is 0 Å². The second kappa shape index (κ2) is 7.21. The van der Waals surface area contributed by atoms with Crippen LogP contribution in [0.25, 0.3) is 0 Å². The molecule has 0 N–H and O–H groups in total. The van der Waals surface area contributed by atoms with Crippen LogP contribution in [0.4, 0.5) is 4.39 Å². The van der Waals surface area contributed by atoms with Crippen LogP contribution in [0.3, 0.4) is 0 Å². The van der Waals surface area contributed by atoms with Gasteiger partial charge in [-0.05, 0) is 54.7 Å². The Kier molecular flexibility index (Phi) is 5.23. The molecule has 1 fully saturated rings. The maximum atomic E-state index is 13.1. The number of halogens is 2. The van der Waals surface area contributed by atoms with Crippen LogP contribution in [0.1, 0.15) is 30.7 Å². The molecule has 1 aliphatic rings. The first-order valence-corrected chi connectivity index (χ1v) is 9.80. The van der Waals surface area contributed by atoms with Gasteiger partial charge < -0.3 is 0 Å². The van der Waals surface area contributed by atoms with Crippen molar-refractivity contribution in [2.24, 2.45) is 0 Å². The van der Waals surface area contributed by atoms with Crippen LogP contribution in [-0.4, -0.2) is 25.8 Å². The Balaban J connectivity index is 1.88. The summed E-state index contributed by atoms with van der Waals surface area (Å²) in [7, 11) is -3.58. The highest BCUT2D eigenvalue weighted by molar-refractivity contribution is 7.89. The lowest BCUT2D eigenvalue weighted by molar-refractivity contribution is 0.406. The molecular formula is C18H19ClFNO2S. The van der Waals surface area contributed by atoms with Crippen molar-refractivity contribution in [2.45, 2.75) is 30.1 Å². The molecule has 0 aromatic heterocycles. The van der Waals surface area contributed by atoms with Crippen molar-refractivity contribution in [1.82, 2.24) is 4.31 Å². The quantitative estimate of drug-likeness (QED) is 0.804. The molecule has 6 heteroatoms. The molecule has 1 aliphatic heterocycles. The Morgan fingerprint density at radius 2 is 1.83 bits per heavy atom. The van der Waals surface area contributed by atoms with Crippen LogP contribution in [0, 0.1) is 5.82 Å². The second-order valence-electron chi connectivity index (χ2n) is 6.06. The summed E-state index contributed by atoms with van der Waals surface area (Å²) in [4.78, 5) is 0.217. The van der Waals surface area contributed by atoms with Crippen LogP contribution < -0.4 is 0 Å². The number of nitrogens with zero attached hydrogens (tertiary/aromatic N) is 1. The SMILES string of the molecule is O=S(=O)(c1cccc(Cl)c1)N1CCCCC(c2ccc(F)cc2)C1. The van der Waals surface area contributed by atoms with Crippen molar-refractivity contribution in [3.63, 3.8) is 0 Å². The van der Waals surface area contributed by atoms with Gasteiger partial charge in [-0.25, -0.2) is 12.8 Å². The Labute approximate surface area is 147 Å². The lowest BCUT2D eigenvalue weighted by Crippen LogP contribution is -2.34. The highest BCUT2D eigenvalue weighted by Crippen LogP contribution is 2.30. The van der Waals surface area contributed by atoms with Crippen molar-refractivity contribution in [2.75, 3.05) is 13.1 Å². The van der Waals surface area contributed by atoms with Gasteiger partial charge in [-0.2, -0.15) is 4.31 Å². The van der Waals surface area contributed by atoms with Gasteiger partial charge in [0, 0.05) is 18.1 Å². The summed E-state index contributed by atoms with van der Waals surface area (Å²) in [5, 5.41) is 0.404. The average molecular weight is 368 g/mol. The Hall–Kier alpha value is -1.43.